The minimum atomic E-state index is -0.971. The van der Waals surface area contributed by atoms with Crippen LogP contribution in [0.2, 0.25) is 0 Å². The molecule has 1 aliphatic heterocycles. The van der Waals surface area contributed by atoms with E-state index >= 15 is 0 Å². The van der Waals surface area contributed by atoms with Crippen LogP contribution in [0.3, 0.4) is 0 Å². The molecule has 1 aliphatic rings. The average Bonchev–Trinajstić information content (AvgIpc) is 2.42. The van der Waals surface area contributed by atoms with Crippen LogP contribution in [0.15, 0.2) is 18.2 Å². The highest BCUT2D eigenvalue weighted by atomic mass is 19.1. The topological polar surface area (TPSA) is 53.2 Å². The number of rotatable bonds is 2. The Morgan fingerprint density at radius 3 is 2.67 bits per heavy atom. The highest BCUT2D eigenvalue weighted by molar-refractivity contribution is 5.28. The monoisotopic (exact) mass is 249 g/mol. The van der Waals surface area contributed by atoms with Crippen molar-refractivity contribution in [1.82, 2.24) is 0 Å². The summed E-state index contributed by atoms with van der Waals surface area (Å²) in [5, 5.41) is 19.7. The Morgan fingerprint density at radius 1 is 1.44 bits per heavy atom. The Hall–Kier alpha value is -1.44. The number of aryl methyl sites for hydroxylation is 1. The molecule has 1 heterocycles. The second-order valence-electron chi connectivity index (χ2n) is 4.79. The Morgan fingerprint density at radius 2 is 2.11 bits per heavy atom. The fraction of sp³-hybridized carbons (Fsp3) is 0.500. The third-order valence-corrected chi connectivity index (χ3v) is 3.64. The van der Waals surface area contributed by atoms with E-state index in [0.717, 1.165) is 0 Å². The van der Waals surface area contributed by atoms with Crippen LogP contribution in [-0.4, -0.2) is 18.3 Å². The van der Waals surface area contributed by atoms with E-state index in [2.05, 4.69) is 6.07 Å². The Balaban J connectivity index is 2.31. The predicted octanol–water partition coefficient (Wildman–Crippen LogP) is 2.49. The number of aliphatic hydroxyl groups excluding tert-OH is 1. The summed E-state index contributed by atoms with van der Waals surface area (Å²) >= 11 is 0. The van der Waals surface area contributed by atoms with E-state index in [4.69, 9.17) is 4.74 Å². The zero-order valence-electron chi connectivity index (χ0n) is 10.3. The number of ether oxygens (including phenoxy) is 1. The summed E-state index contributed by atoms with van der Waals surface area (Å²) in [6, 6.07) is 6.81. The molecule has 4 heteroatoms. The van der Waals surface area contributed by atoms with Crippen molar-refractivity contribution in [2.24, 2.45) is 5.41 Å². The second kappa shape index (κ2) is 5.05. The van der Waals surface area contributed by atoms with E-state index in [0.29, 0.717) is 37.2 Å². The van der Waals surface area contributed by atoms with Crippen LogP contribution in [0, 0.1) is 29.5 Å². The highest BCUT2D eigenvalue weighted by Crippen LogP contribution is 2.42. The number of halogens is 1. The van der Waals surface area contributed by atoms with Gasteiger partial charge in [0.1, 0.15) is 5.82 Å². The Bertz CT molecular complexity index is 475. The van der Waals surface area contributed by atoms with Crippen molar-refractivity contribution in [2.45, 2.75) is 25.9 Å². The minimum Gasteiger partial charge on any atom is -0.387 e. The van der Waals surface area contributed by atoms with E-state index in [1.165, 1.54) is 6.07 Å². The lowest BCUT2D eigenvalue weighted by molar-refractivity contribution is -0.0311. The number of nitrogens with zero attached hydrogens (tertiary/aromatic N) is 1. The van der Waals surface area contributed by atoms with E-state index in [-0.39, 0.29) is 5.82 Å². The lowest BCUT2D eigenvalue weighted by Crippen LogP contribution is -2.34. The summed E-state index contributed by atoms with van der Waals surface area (Å²) in [5.41, 5.74) is 0.130. The SMILES string of the molecule is Cc1ccc(C(O)C2(C#N)CCOCC2)cc1F. The summed E-state index contributed by atoms with van der Waals surface area (Å²) < 4.78 is 18.7. The third-order valence-electron chi connectivity index (χ3n) is 3.64. The van der Waals surface area contributed by atoms with Crippen LogP contribution in [0.25, 0.3) is 0 Å². The second-order valence-corrected chi connectivity index (χ2v) is 4.79. The molecular formula is C14H16FNO2. The van der Waals surface area contributed by atoms with Gasteiger partial charge in [0.2, 0.25) is 0 Å². The molecule has 3 nitrogen and oxygen atoms in total. The molecule has 18 heavy (non-hydrogen) atoms. The van der Waals surface area contributed by atoms with Crippen LogP contribution in [0.4, 0.5) is 4.39 Å². The summed E-state index contributed by atoms with van der Waals surface area (Å²) in [6.07, 6.45) is -0.0261. The van der Waals surface area contributed by atoms with Gasteiger partial charge in [-0.3, -0.25) is 0 Å². The lowest BCUT2D eigenvalue weighted by atomic mass is 9.74. The van der Waals surface area contributed by atoms with Gasteiger partial charge in [-0.1, -0.05) is 12.1 Å². The number of hydrogen-bond acceptors (Lipinski definition) is 3. The van der Waals surface area contributed by atoms with Gasteiger partial charge in [-0.05, 0) is 37.0 Å². The summed E-state index contributed by atoms with van der Waals surface area (Å²) in [7, 11) is 0. The maximum Gasteiger partial charge on any atom is 0.126 e. The van der Waals surface area contributed by atoms with Gasteiger partial charge in [0.05, 0.1) is 17.6 Å². The van der Waals surface area contributed by atoms with Crippen molar-refractivity contribution >= 4 is 0 Å². The van der Waals surface area contributed by atoms with Crippen molar-refractivity contribution in [2.75, 3.05) is 13.2 Å². The molecule has 1 unspecified atom stereocenters. The van der Waals surface area contributed by atoms with Gasteiger partial charge < -0.3 is 9.84 Å². The first-order valence-electron chi connectivity index (χ1n) is 6.02. The van der Waals surface area contributed by atoms with E-state index in [1.54, 1.807) is 19.1 Å². The smallest absolute Gasteiger partial charge is 0.126 e. The fourth-order valence-electron chi connectivity index (χ4n) is 2.28. The quantitative estimate of drug-likeness (QED) is 0.876. The average molecular weight is 249 g/mol. The van der Waals surface area contributed by atoms with Gasteiger partial charge in [0.25, 0.3) is 0 Å². The Labute approximate surface area is 106 Å². The van der Waals surface area contributed by atoms with E-state index in [9.17, 15) is 14.8 Å². The van der Waals surface area contributed by atoms with Crippen molar-refractivity contribution in [3.8, 4) is 6.07 Å². The molecule has 0 amide bonds. The van der Waals surface area contributed by atoms with Crippen LogP contribution in [0.5, 0.6) is 0 Å². The molecule has 0 radical (unpaired) electrons. The van der Waals surface area contributed by atoms with Gasteiger partial charge in [0.15, 0.2) is 0 Å². The van der Waals surface area contributed by atoms with Gasteiger partial charge in [-0.15, -0.1) is 0 Å². The molecule has 0 aromatic heterocycles. The molecule has 1 atom stereocenters. The van der Waals surface area contributed by atoms with Gasteiger partial charge in [-0.25, -0.2) is 4.39 Å². The first kappa shape index (κ1) is 13.0. The predicted molar refractivity (Wildman–Crippen MR) is 64.2 cm³/mol. The minimum absolute atomic E-state index is 0.355. The molecule has 0 spiro atoms. The Kier molecular flexibility index (Phi) is 3.65. The molecule has 0 bridgehead atoms. The molecule has 0 aliphatic carbocycles. The standard InChI is InChI=1S/C14H16FNO2/c1-10-2-3-11(8-12(10)15)13(17)14(9-16)4-6-18-7-5-14/h2-3,8,13,17H,4-7H2,1H3. The number of aliphatic hydroxyl groups is 1. The molecule has 1 saturated heterocycles. The largest absolute Gasteiger partial charge is 0.387 e. The molecule has 96 valence electrons. The maximum absolute atomic E-state index is 13.5. The van der Waals surface area contributed by atoms with Gasteiger partial charge in [-0.2, -0.15) is 5.26 Å². The first-order chi connectivity index (χ1) is 8.59. The normalized spacial score (nSPS) is 20.1. The van der Waals surface area contributed by atoms with Gasteiger partial charge in [0, 0.05) is 13.2 Å². The van der Waals surface area contributed by atoms with Crippen molar-refractivity contribution in [1.29, 1.82) is 5.26 Å². The molecule has 1 fully saturated rings. The van der Waals surface area contributed by atoms with Crippen LogP contribution in [-0.2, 0) is 4.74 Å². The molecule has 0 saturated carbocycles. The van der Waals surface area contributed by atoms with Gasteiger partial charge >= 0.3 is 0 Å². The fourth-order valence-corrected chi connectivity index (χ4v) is 2.28. The lowest BCUT2D eigenvalue weighted by Gasteiger charge is -2.35. The zero-order valence-corrected chi connectivity index (χ0v) is 10.3. The van der Waals surface area contributed by atoms with Crippen molar-refractivity contribution in [3.63, 3.8) is 0 Å². The van der Waals surface area contributed by atoms with Crippen molar-refractivity contribution in [3.05, 3.63) is 35.1 Å². The number of benzene rings is 1. The van der Waals surface area contributed by atoms with Crippen LogP contribution < -0.4 is 0 Å². The molecular weight excluding hydrogens is 233 g/mol. The summed E-state index contributed by atoms with van der Waals surface area (Å²) in [5.74, 6) is -0.355. The number of nitriles is 1. The van der Waals surface area contributed by atoms with E-state index in [1.807, 2.05) is 0 Å². The molecule has 1 aromatic carbocycles. The maximum atomic E-state index is 13.5. The third kappa shape index (κ3) is 2.24. The molecule has 2 rings (SSSR count). The van der Waals surface area contributed by atoms with Crippen molar-refractivity contribution < 1.29 is 14.2 Å². The highest BCUT2D eigenvalue weighted by Gasteiger charge is 2.40. The van der Waals surface area contributed by atoms with Crippen LogP contribution >= 0.6 is 0 Å². The summed E-state index contributed by atoms with van der Waals surface area (Å²) in [4.78, 5) is 0. The summed E-state index contributed by atoms with van der Waals surface area (Å²) in [6.45, 7) is 2.58. The molecule has 1 aromatic rings. The zero-order chi connectivity index (χ0) is 13.2. The van der Waals surface area contributed by atoms with E-state index < -0.39 is 11.5 Å². The first-order valence-corrected chi connectivity index (χ1v) is 6.02. The number of hydrogen-bond donors (Lipinski definition) is 1. The molecule has 1 N–H and O–H groups in total. The van der Waals surface area contributed by atoms with Crippen LogP contribution in [0.1, 0.15) is 30.1 Å².